The number of nitrogens with zero attached hydrogens (tertiary/aromatic N) is 3. The van der Waals surface area contributed by atoms with Gasteiger partial charge in [0, 0.05) is 29.9 Å². The summed E-state index contributed by atoms with van der Waals surface area (Å²) in [6.45, 7) is 2.67. The van der Waals surface area contributed by atoms with E-state index in [1.165, 1.54) is 13.0 Å². The third-order valence-corrected chi connectivity index (χ3v) is 4.86. The molecule has 1 amide bonds. The summed E-state index contributed by atoms with van der Waals surface area (Å²) >= 11 is 0. The Hall–Kier alpha value is -3.75. The van der Waals surface area contributed by atoms with Gasteiger partial charge in [-0.2, -0.15) is 18.4 Å². The van der Waals surface area contributed by atoms with Crippen LogP contribution >= 0.6 is 0 Å². The van der Waals surface area contributed by atoms with Crippen molar-refractivity contribution in [2.75, 3.05) is 5.32 Å². The minimum absolute atomic E-state index is 0.0769. The number of alkyl halides is 3. The molecular formula is C20H16F5N5O2. The zero-order valence-electron chi connectivity index (χ0n) is 16.7. The Morgan fingerprint density at radius 2 is 2.03 bits per heavy atom. The van der Waals surface area contributed by atoms with E-state index in [4.69, 9.17) is 11.0 Å². The number of benzene rings is 1. The number of aryl methyl sites for hydroxylation is 1. The van der Waals surface area contributed by atoms with E-state index in [1.807, 2.05) is 6.07 Å². The van der Waals surface area contributed by atoms with E-state index in [1.54, 1.807) is 0 Å². The number of carbonyl (C=O) groups is 1. The summed E-state index contributed by atoms with van der Waals surface area (Å²) in [6.07, 6.45) is -6.89. The van der Waals surface area contributed by atoms with Gasteiger partial charge in [-0.15, -0.1) is 0 Å². The zero-order valence-corrected chi connectivity index (χ0v) is 16.7. The molecule has 3 rings (SSSR count). The van der Waals surface area contributed by atoms with Crippen LogP contribution in [0.3, 0.4) is 0 Å². The Labute approximate surface area is 178 Å². The highest BCUT2D eigenvalue weighted by molar-refractivity contribution is 6.03. The van der Waals surface area contributed by atoms with Crippen LogP contribution in [0.4, 0.5) is 27.6 Å². The Balaban J connectivity index is 1.99. The van der Waals surface area contributed by atoms with Gasteiger partial charge in [0.25, 0.3) is 11.9 Å². The second-order valence-corrected chi connectivity index (χ2v) is 7.35. The predicted molar refractivity (Wildman–Crippen MR) is 103 cm³/mol. The van der Waals surface area contributed by atoms with E-state index in [9.17, 15) is 26.7 Å². The second kappa shape index (κ2) is 8.07. The Morgan fingerprint density at radius 3 is 2.62 bits per heavy atom. The highest BCUT2D eigenvalue weighted by Gasteiger charge is 2.50. The number of aliphatic imine (C=N–C) groups is 1. The quantitative estimate of drug-likeness (QED) is 0.689. The van der Waals surface area contributed by atoms with Gasteiger partial charge in [0.15, 0.2) is 17.7 Å². The fourth-order valence-electron chi connectivity index (χ4n) is 3.33. The molecule has 0 saturated carbocycles. The number of amides is 1. The number of hydrogen-bond donors (Lipinski definition) is 2. The molecule has 12 heteroatoms. The number of nitrogens with one attached hydrogen (secondary N) is 1. The van der Waals surface area contributed by atoms with Gasteiger partial charge in [0.1, 0.15) is 11.8 Å². The van der Waals surface area contributed by atoms with Gasteiger partial charge in [0.2, 0.25) is 0 Å². The third-order valence-electron chi connectivity index (χ3n) is 4.86. The topological polar surface area (TPSA) is 113 Å². The molecule has 3 N–H and O–H groups in total. The number of carbonyl (C=O) groups excluding carboxylic acids is 1. The van der Waals surface area contributed by atoms with Crippen LogP contribution in [-0.2, 0) is 10.3 Å². The normalized spacial score (nSPS) is 20.7. The van der Waals surface area contributed by atoms with Gasteiger partial charge in [-0.3, -0.25) is 4.79 Å². The van der Waals surface area contributed by atoms with Crippen molar-refractivity contribution < 1.29 is 31.5 Å². The second-order valence-electron chi connectivity index (χ2n) is 7.35. The SMILES string of the molecule is Cc1cc(C#N)cnc1C(=O)Nc1cc(F)c(F)c([C@]2(C)C[C@@H](C(F)(F)F)OC(N)=N2)c1. The first kappa shape index (κ1) is 22.9. The fraction of sp³-hybridized carbons (Fsp3) is 0.300. The molecule has 0 spiro atoms. The van der Waals surface area contributed by atoms with Gasteiger partial charge < -0.3 is 15.8 Å². The predicted octanol–water partition coefficient (Wildman–Crippen LogP) is 3.67. The van der Waals surface area contributed by atoms with Gasteiger partial charge in [-0.05, 0) is 31.5 Å². The number of nitriles is 1. The number of anilines is 1. The summed E-state index contributed by atoms with van der Waals surface area (Å²) < 4.78 is 73.0. The molecule has 0 bridgehead atoms. The number of halogens is 5. The van der Waals surface area contributed by atoms with Crippen molar-refractivity contribution in [2.45, 2.75) is 38.1 Å². The first-order valence-electron chi connectivity index (χ1n) is 9.10. The molecule has 1 aliphatic heterocycles. The average Bonchev–Trinajstić information content (AvgIpc) is 2.68. The van der Waals surface area contributed by atoms with E-state index in [2.05, 4.69) is 20.0 Å². The van der Waals surface area contributed by atoms with Gasteiger partial charge in [0.05, 0.1) is 11.1 Å². The summed E-state index contributed by atoms with van der Waals surface area (Å²) in [5.74, 6) is -3.64. The molecule has 2 atom stereocenters. The molecule has 0 aliphatic carbocycles. The molecule has 32 heavy (non-hydrogen) atoms. The maximum Gasteiger partial charge on any atom is 0.425 e. The molecular weight excluding hydrogens is 437 g/mol. The fourth-order valence-corrected chi connectivity index (χ4v) is 3.33. The third kappa shape index (κ3) is 4.46. The average molecular weight is 453 g/mol. The van der Waals surface area contributed by atoms with Gasteiger partial charge >= 0.3 is 6.18 Å². The van der Waals surface area contributed by atoms with Gasteiger partial charge in [-0.25, -0.2) is 18.8 Å². The van der Waals surface area contributed by atoms with Crippen LogP contribution < -0.4 is 11.1 Å². The minimum atomic E-state index is -4.82. The van der Waals surface area contributed by atoms with E-state index in [0.717, 1.165) is 19.2 Å². The van der Waals surface area contributed by atoms with E-state index >= 15 is 0 Å². The Bertz CT molecular complexity index is 1160. The molecule has 168 valence electrons. The lowest BCUT2D eigenvalue weighted by Gasteiger charge is -2.36. The Kier molecular flexibility index (Phi) is 5.78. The summed E-state index contributed by atoms with van der Waals surface area (Å²) in [5, 5.41) is 11.2. The van der Waals surface area contributed by atoms with Gasteiger partial charge in [-0.1, -0.05) is 0 Å². The van der Waals surface area contributed by atoms with Crippen LogP contribution in [0, 0.1) is 29.9 Å². The molecule has 1 aromatic heterocycles. The number of nitrogens with two attached hydrogens (primary N) is 1. The first-order valence-corrected chi connectivity index (χ1v) is 9.10. The number of ether oxygens (including phenoxy) is 1. The minimum Gasteiger partial charge on any atom is -0.452 e. The molecule has 0 unspecified atom stereocenters. The van der Waals surface area contributed by atoms with Crippen LogP contribution in [0.5, 0.6) is 0 Å². The van der Waals surface area contributed by atoms with Crippen molar-refractivity contribution >= 4 is 17.6 Å². The van der Waals surface area contributed by atoms with Crippen molar-refractivity contribution in [3.8, 4) is 6.07 Å². The van der Waals surface area contributed by atoms with Crippen LogP contribution in [-0.4, -0.2) is 29.2 Å². The summed E-state index contributed by atoms with van der Waals surface area (Å²) in [4.78, 5) is 20.2. The highest BCUT2D eigenvalue weighted by atomic mass is 19.4. The summed E-state index contributed by atoms with van der Waals surface area (Å²) in [7, 11) is 0. The number of rotatable bonds is 3. The van der Waals surface area contributed by atoms with Crippen LogP contribution in [0.25, 0.3) is 0 Å². The molecule has 0 saturated heterocycles. The molecule has 7 nitrogen and oxygen atoms in total. The van der Waals surface area contributed by atoms with Crippen molar-refractivity contribution in [2.24, 2.45) is 10.7 Å². The lowest BCUT2D eigenvalue weighted by Crippen LogP contribution is -2.46. The molecule has 1 aliphatic rings. The zero-order chi connectivity index (χ0) is 23.8. The molecule has 0 fully saturated rings. The number of pyridine rings is 1. The maximum atomic E-state index is 14.6. The molecule has 1 aromatic carbocycles. The monoisotopic (exact) mass is 453 g/mol. The van der Waals surface area contributed by atoms with Crippen molar-refractivity contribution in [3.63, 3.8) is 0 Å². The number of amidine groups is 1. The maximum absolute atomic E-state index is 14.6. The van der Waals surface area contributed by atoms with Crippen molar-refractivity contribution in [1.82, 2.24) is 4.98 Å². The largest absolute Gasteiger partial charge is 0.452 e. The smallest absolute Gasteiger partial charge is 0.425 e. The molecule has 2 aromatic rings. The van der Waals surface area contributed by atoms with Crippen molar-refractivity contribution in [1.29, 1.82) is 5.26 Å². The lowest BCUT2D eigenvalue weighted by atomic mass is 9.85. The number of hydrogen-bond acceptors (Lipinski definition) is 6. The standard InChI is InChI=1S/C20H16F5N5O2/c1-9-3-10(7-26)8-28-16(9)17(31)29-11-4-12(15(22)13(21)5-11)19(2)6-14(20(23,24)25)32-18(27)30-19/h3-5,8,14H,6H2,1-2H3,(H2,27,30)(H,29,31)/t14-,19-/m0/s1. The molecule has 2 heterocycles. The number of aromatic nitrogens is 1. The van der Waals surface area contributed by atoms with E-state index in [-0.39, 0.29) is 16.9 Å². The Morgan fingerprint density at radius 1 is 1.34 bits per heavy atom. The van der Waals surface area contributed by atoms with Crippen LogP contribution in [0.1, 0.15) is 40.5 Å². The van der Waals surface area contributed by atoms with Crippen LogP contribution in [0.2, 0.25) is 0 Å². The summed E-state index contributed by atoms with van der Waals surface area (Å²) in [5.41, 5.74) is 3.16. The van der Waals surface area contributed by atoms with E-state index < -0.39 is 53.4 Å². The van der Waals surface area contributed by atoms with Crippen molar-refractivity contribution in [3.05, 3.63) is 58.4 Å². The highest BCUT2D eigenvalue weighted by Crippen LogP contribution is 2.41. The van der Waals surface area contributed by atoms with E-state index in [0.29, 0.717) is 11.6 Å². The van der Waals surface area contributed by atoms with Crippen LogP contribution in [0.15, 0.2) is 29.4 Å². The summed E-state index contributed by atoms with van der Waals surface area (Å²) in [6, 6.07) is 4.10. The lowest BCUT2D eigenvalue weighted by molar-refractivity contribution is -0.208. The molecule has 0 radical (unpaired) electrons. The first-order chi connectivity index (χ1) is 14.8.